The predicted molar refractivity (Wildman–Crippen MR) is 76.4 cm³/mol. The summed E-state index contributed by atoms with van der Waals surface area (Å²) in [4.78, 5) is 15.2. The van der Waals surface area contributed by atoms with Crippen LogP contribution in [0.5, 0.6) is 5.75 Å². The summed E-state index contributed by atoms with van der Waals surface area (Å²) < 4.78 is 0. The molecular weight excluding hydrogens is 252 g/mol. The molecule has 0 radical (unpaired) electrons. The lowest BCUT2D eigenvalue weighted by Crippen LogP contribution is -2.02. The summed E-state index contributed by atoms with van der Waals surface area (Å²) in [5.74, 6) is 0.0576. The molecule has 0 amide bonds. The van der Waals surface area contributed by atoms with Crippen LogP contribution >= 0.6 is 0 Å². The Kier molecular flexibility index (Phi) is 2.73. The van der Waals surface area contributed by atoms with Crippen molar-refractivity contribution in [1.82, 2.24) is 4.98 Å². The molecular formula is C16H10N2O2. The Bertz CT molecular complexity index is 904. The maximum atomic E-state index is 12.1. The van der Waals surface area contributed by atoms with Crippen LogP contribution < -0.4 is 5.43 Å². The standard InChI is InChI=1S/C16H10N2O2/c17-9-10-2-1-3-11(6-10)15-8-16(20)13-7-12(19)4-5-14(13)18-15/h1-8,19H,(H,18,20). The minimum atomic E-state index is -0.174. The Labute approximate surface area is 114 Å². The second-order valence-electron chi connectivity index (χ2n) is 4.47. The fourth-order valence-corrected chi connectivity index (χ4v) is 2.15. The molecule has 2 aromatic carbocycles. The van der Waals surface area contributed by atoms with Crippen molar-refractivity contribution in [2.24, 2.45) is 0 Å². The van der Waals surface area contributed by atoms with Crippen LogP contribution in [0, 0.1) is 11.3 Å². The number of aromatic amines is 1. The van der Waals surface area contributed by atoms with E-state index in [0.717, 1.165) is 5.56 Å². The Morgan fingerprint density at radius 1 is 1.10 bits per heavy atom. The van der Waals surface area contributed by atoms with E-state index >= 15 is 0 Å². The van der Waals surface area contributed by atoms with Crippen molar-refractivity contribution in [2.75, 3.05) is 0 Å². The smallest absolute Gasteiger partial charge is 0.190 e. The summed E-state index contributed by atoms with van der Waals surface area (Å²) in [6.45, 7) is 0. The monoisotopic (exact) mass is 262 g/mol. The number of aromatic nitrogens is 1. The van der Waals surface area contributed by atoms with Crippen molar-refractivity contribution in [3.8, 4) is 23.1 Å². The van der Waals surface area contributed by atoms with Gasteiger partial charge < -0.3 is 10.1 Å². The topological polar surface area (TPSA) is 76.9 Å². The second kappa shape index (κ2) is 4.56. The van der Waals surface area contributed by atoms with Crippen molar-refractivity contribution < 1.29 is 5.11 Å². The molecule has 0 saturated carbocycles. The molecule has 1 aromatic heterocycles. The zero-order chi connectivity index (χ0) is 14.1. The molecule has 0 unspecified atom stereocenters. The lowest BCUT2D eigenvalue weighted by atomic mass is 10.1. The van der Waals surface area contributed by atoms with E-state index in [-0.39, 0.29) is 11.2 Å². The van der Waals surface area contributed by atoms with Gasteiger partial charge in [0.15, 0.2) is 5.43 Å². The summed E-state index contributed by atoms with van der Waals surface area (Å²) in [6, 6.07) is 15.2. The largest absolute Gasteiger partial charge is 0.508 e. The highest BCUT2D eigenvalue weighted by atomic mass is 16.3. The first kappa shape index (κ1) is 12.0. The molecule has 0 spiro atoms. The minimum Gasteiger partial charge on any atom is -0.508 e. The molecule has 1 heterocycles. The zero-order valence-corrected chi connectivity index (χ0v) is 10.4. The molecule has 96 valence electrons. The fourth-order valence-electron chi connectivity index (χ4n) is 2.15. The van der Waals surface area contributed by atoms with Gasteiger partial charge in [-0.05, 0) is 35.9 Å². The summed E-state index contributed by atoms with van der Waals surface area (Å²) in [6.07, 6.45) is 0. The number of fused-ring (bicyclic) bond motifs is 1. The van der Waals surface area contributed by atoms with Crippen molar-refractivity contribution in [1.29, 1.82) is 5.26 Å². The van der Waals surface area contributed by atoms with E-state index in [0.29, 0.717) is 22.2 Å². The van der Waals surface area contributed by atoms with Gasteiger partial charge in [-0.15, -0.1) is 0 Å². The van der Waals surface area contributed by atoms with E-state index < -0.39 is 0 Å². The number of nitriles is 1. The van der Waals surface area contributed by atoms with Gasteiger partial charge in [0.05, 0.1) is 11.6 Å². The highest BCUT2D eigenvalue weighted by molar-refractivity contribution is 5.82. The van der Waals surface area contributed by atoms with Crippen molar-refractivity contribution in [2.45, 2.75) is 0 Å². The van der Waals surface area contributed by atoms with Crippen molar-refractivity contribution in [3.63, 3.8) is 0 Å². The summed E-state index contributed by atoms with van der Waals surface area (Å²) in [5, 5.41) is 18.8. The lowest BCUT2D eigenvalue weighted by Gasteiger charge is -2.05. The maximum absolute atomic E-state index is 12.1. The van der Waals surface area contributed by atoms with Crippen LogP contribution in [0.15, 0.2) is 53.3 Å². The third kappa shape index (κ3) is 2.02. The molecule has 3 aromatic rings. The van der Waals surface area contributed by atoms with E-state index in [1.165, 1.54) is 18.2 Å². The van der Waals surface area contributed by atoms with Gasteiger partial charge in [-0.1, -0.05) is 12.1 Å². The Morgan fingerprint density at radius 3 is 2.75 bits per heavy atom. The first-order chi connectivity index (χ1) is 9.67. The number of aromatic hydroxyl groups is 1. The molecule has 0 saturated heterocycles. The average Bonchev–Trinajstić information content (AvgIpc) is 2.48. The molecule has 4 nitrogen and oxygen atoms in total. The van der Waals surface area contributed by atoms with Crippen LogP contribution in [-0.4, -0.2) is 10.1 Å². The number of pyridine rings is 1. The number of phenols is 1. The number of nitrogens with one attached hydrogen (secondary N) is 1. The lowest BCUT2D eigenvalue weighted by molar-refractivity contribution is 0.476. The number of hydrogen-bond donors (Lipinski definition) is 2. The van der Waals surface area contributed by atoms with E-state index in [9.17, 15) is 9.90 Å². The van der Waals surface area contributed by atoms with Gasteiger partial charge in [0.25, 0.3) is 0 Å². The van der Waals surface area contributed by atoms with Crippen LogP contribution in [0.2, 0.25) is 0 Å². The highest BCUT2D eigenvalue weighted by Crippen LogP contribution is 2.21. The van der Waals surface area contributed by atoms with Crippen LogP contribution in [0.1, 0.15) is 5.56 Å². The number of benzene rings is 2. The number of H-pyrrole nitrogens is 1. The van der Waals surface area contributed by atoms with Gasteiger partial charge in [0.2, 0.25) is 0 Å². The number of phenolic OH excluding ortho intramolecular Hbond substituents is 1. The molecule has 0 bridgehead atoms. The van der Waals surface area contributed by atoms with E-state index in [1.54, 1.807) is 24.3 Å². The average molecular weight is 262 g/mol. The number of rotatable bonds is 1. The van der Waals surface area contributed by atoms with Gasteiger partial charge in [0.1, 0.15) is 5.75 Å². The quantitative estimate of drug-likeness (QED) is 0.708. The van der Waals surface area contributed by atoms with Crippen LogP contribution in [-0.2, 0) is 0 Å². The van der Waals surface area contributed by atoms with Gasteiger partial charge in [-0.3, -0.25) is 4.79 Å². The zero-order valence-electron chi connectivity index (χ0n) is 10.4. The van der Waals surface area contributed by atoms with Gasteiger partial charge in [-0.2, -0.15) is 5.26 Å². The number of hydrogen-bond acceptors (Lipinski definition) is 3. The normalized spacial score (nSPS) is 10.3. The number of nitrogens with zero attached hydrogens (tertiary/aromatic N) is 1. The molecule has 0 fully saturated rings. The molecule has 0 aliphatic rings. The maximum Gasteiger partial charge on any atom is 0.190 e. The van der Waals surface area contributed by atoms with E-state index in [1.807, 2.05) is 6.07 Å². The fraction of sp³-hybridized carbons (Fsp3) is 0. The Morgan fingerprint density at radius 2 is 1.95 bits per heavy atom. The molecule has 0 atom stereocenters. The minimum absolute atomic E-state index is 0.0576. The SMILES string of the molecule is N#Cc1cccc(-c2cc(=O)c3cc(O)ccc3[nH]2)c1. The van der Waals surface area contributed by atoms with Gasteiger partial charge in [0, 0.05) is 22.7 Å². The summed E-state index contributed by atoms with van der Waals surface area (Å²) >= 11 is 0. The van der Waals surface area contributed by atoms with E-state index in [2.05, 4.69) is 11.1 Å². The first-order valence-electron chi connectivity index (χ1n) is 6.04. The third-order valence-corrected chi connectivity index (χ3v) is 3.12. The molecule has 2 N–H and O–H groups in total. The molecule has 3 rings (SSSR count). The van der Waals surface area contributed by atoms with E-state index in [4.69, 9.17) is 5.26 Å². The predicted octanol–water partition coefficient (Wildman–Crippen LogP) is 2.77. The molecule has 0 aliphatic carbocycles. The van der Waals surface area contributed by atoms with Crippen LogP contribution in [0.4, 0.5) is 0 Å². The Hall–Kier alpha value is -3.06. The van der Waals surface area contributed by atoms with Gasteiger partial charge in [-0.25, -0.2) is 0 Å². The molecule has 0 aliphatic heterocycles. The van der Waals surface area contributed by atoms with Crippen molar-refractivity contribution >= 4 is 10.9 Å². The second-order valence-corrected chi connectivity index (χ2v) is 4.47. The summed E-state index contributed by atoms with van der Waals surface area (Å²) in [5.41, 5.74) is 2.43. The highest BCUT2D eigenvalue weighted by Gasteiger charge is 2.05. The van der Waals surface area contributed by atoms with Crippen LogP contribution in [0.3, 0.4) is 0 Å². The molecule has 4 heteroatoms. The Balaban J connectivity index is 2.25. The van der Waals surface area contributed by atoms with Crippen molar-refractivity contribution in [3.05, 3.63) is 64.3 Å². The first-order valence-corrected chi connectivity index (χ1v) is 6.04. The third-order valence-electron chi connectivity index (χ3n) is 3.12. The summed E-state index contributed by atoms with van der Waals surface area (Å²) in [7, 11) is 0. The van der Waals surface area contributed by atoms with Gasteiger partial charge >= 0.3 is 0 Å². The van der Waals surface area contributed by atoms with Crippen LogP contribution in [0.25, 0.3) is 22.2 Å². The molecule has 20 heavy (non-hydrogen) atoms.